The fraction of sp³-hybridized carbons (Fsp3) is 0.417. The lowest BCUT2D eigenvalue weighted by molar-refractivity contribution is 0.0953. The lowest BCUT2D eigenvalue weighted by atomic mass is 10.1. The van der Waals surface area contributed by atoms with Crippen molar-refractivity contribution in [2.45, 2.75) is 25.1 Å². The first-order valence-corrected chi connectivity index (χ1v) is 6.10. The molecule has 88 valence electrons. The number of nitrogens with one attached hydrogen (secondary N) is 1. The quantitative estimate of drug-likeness (QED) is 0.848. The zero-order valence-electron chi connectivity index (χ0n) is 9.39. The maximum atomic E-state index is 13.1. The molecule has 2 nitrogen and oxygen atoms in total. The van der Waals surface area contributed by atoms with Crippen molar-refractivity contribution >= 4 is 21.8 Å². The highest BCUT2D eigenvalue weighted by molar-refractivity contribution is 9.09. The van der Waals surface area contributed by atoms with E-state index >= 15 is 0 Å². The molecule has 1 unspecified atom stereocenters. The summed E-state index contributed by atoms with van der Waals surface area (Å²) < 4.78 is 13.1. The number of alkyl halides is 1. The molecular formula is C12H15BrFNO. The third-order valence-corrected chi connectivity index (χ3v) is 2.59. The van der Waals surface area contributed by atoms with E-state index in [0.717, 1.165) is 12.0 Å². The third kappa shape index (κ3) is 4.31. The van der Waals surface area contributed by atoms with Gasteiger partial charge in [0.05, 0.1) is 0 Å². The molecule has 16 heavy (non-hydrogen) atoms. The first kappa shape index (κ1) is 13.2. The highest BCUT2D eigenvalue weighted by atomic mass is 79.9. The van der Waals surface area contributed by atoms with Crippen LogP contribution in [0.4, 0.5) is 4.39 Å². The molecule has 0 fully saturated rings. The molecule has 0 aromatic heterocycles. The molecule has 1 N–H and O–H groups in total. The van der Waals surface area contributed by atoms with Gasteiger partial charge in [0.15, 0.2) is 0 Å². The van der Waals surface area contributed by atoms with Gasteiger partial charge in [-0.25, -0.2) is 4.39 Å². The smallest absolute Gasteiger partial charge is 0.251 e. The lowest BCUT2D eigenvalue weighted by Gasteiger charge is -2.07. The Kier molecular flexibility index (Phi) is 4.93. The van der Waals surface area contributed by atoms with Gasteiger partial charge in [-0.3, -0.25) is 4.79 Å². The van der Waals surface area contributed by atoms with Crippen molar-refractivity contribution in [3.8, 4) is 0 Å². The Bertz CT molecular complexity index is 359. The Labute approximate surface area is 103 Å². The van der Waals surface area contributed by atoms with E-state index in [-0.39, 0.29) is 11.7 Å². The number of carbonyl (C=O) groups excluding carboxylic acids is 1. The second-order valence-electron chi connectivity index (χ2n) is 3.84. The number of amides is 1. The van der Waals surface area contributed by atoms with Crippen LogP contribution in [0.15, 0.2) is 18.2 Å². The van der Waals surface area contributed by atoms with Gasteiger partial charge in [0.1, 0.15) is 5.82 Å². The summed E-state index contributed by atoms with van der Waals surface area (Å²) in [5.74, 6) is -0.602. The van der Waals surface area contributed by atoms with Gasteiger partial charge in [-0.1, -0.05) is 22.9 Å². The van der Waals surface area contributed by atoms with Crippen LogP contribution in [0.1, 0.15) is 29.3 Å². The molecule has 0 aliphatic heterocycles. The van der Waals surface area contributed by atoms with Gasteiger partial charge in [0, 0.05) is 16.9 Å². The summed E-state index contributed by atoms with van der Waals surface area (Å²) in [7, 11) is 0. The number of hydrogen-bond donors (Lipinski definition) is 1. The topological polar surface area (TPSA) is 29.1 Å². The van der Waals surface area contributed by atoms with Crippen LogP contribution >= 0.6 is 15.9 Å². The SMILES string of the molecule is Cc1cc(F)cc(C(=O)NCCC(C)Br)c1. The summed E-state index contributed by atoms with van der Waals surface area (Å²) in [6, 6.07) is 4.33. The average Bonchev–Trinajstić information content (AvgIpc) is 2.15. The number of carbonyl (C=O) groups is 1. The molecule has 0 heterocycles. The van der Waals surface area contributed by atoms with Gasteiger partial charge < -0.3 is 5.32 Å². The average molecular weight is 288 g/mol. The van der Waals surface area contributed by atoms with Crippen molar-refractivity contribution in [1.29, 1.82) is 0 Å². The van der Waals surface area contributed by atoms with Gasteiger partial charge in [-0.05, 0) is 37.1 Å². The minimum absolute atomic E-state index is 0.226. The predicted octanol–water partition coefficient (Wildman–Crippen LogP) is 3.04. The first-order valence-electron chi connectivity index (χ1n) is 5.18. The molecule has 1 aromatic rings. The summed E-state index contributed by atoms with van der Waals surface area (Å²) in [6.45, 7) is 4.36. The maximum Gasteiger partial charge on any atom is 0.251 e. The van der Waals surface area contributed by atoms with Crippen molar-refractivity contribution in [3.05, 3.63) is 35.1 Å². The van der Waals surface area contributed by atoms with E-state index in [1.165, 1.54) is 12.1 Å². The fourth-order valence-corrected chi connectivity index (χ4v) is 1.58. The predicted molar refractivity (Wildman–Crippen MR) is 66.5 cm³/mol. The summed E-state index contributed by atoms with van der Waals surface area (Å²) in [5.41, 5.74) is 1.12. The zero-order valence-corrected chi connectivity index (χ0v) is 11.0. The normalized spacial score (nSPS) is 12.2. The van der Waals surface area contributed by atoms with Crippen LogP contribution < -0.4 is 5.32 Å². The second kappa shape index (κ2) is 5.99. The van der Waals surface area contributed by atoms with E-state index in [1.54, 1.807) is 13.0 Å². The van der Waals surface area contributed by atoms with E-state index in [0.29, 0.717) is 16.9 Å². The Balaban J connectivity index is 2.59. The lowest BCUT2D eigenvalue weighted by Crippen LogP contribution is -2.25. The molecule has 0 aliphatic rings. The van der Waals surface area contributed by atoms with Crippen LogP contribution in [0.3, 0.4) is 0 Å². The molecule has 0 radical (unpaired) electrons. The second-order valence-corrected chi connectivity index (χ2v) is 5.41. The summed E-state index contributed by atoms with van der Waals surface area (Å²) in [5, 5.41) is 2.75. The Morgan fingerprint density at radius 2 is 2.19 bits per heavy atom. The van der Waals surface area contributed by atoms with Gasteiger partial charge in [0.2, 0.25) is 0 Å². The van der Waals surface area contributed by atoms with E-state index in [2.05, 4.69) is 21.2 Å². The largest absolute Gasteiger partial charge is 0.352 e. The monoisotopic (exact) mass is 287 g/mol. The summed E-state index contributed by atoms with van der Waals surface area (Å²) >= 11 is 3.39. The van der Waals surface area contributed by atoms with E-state index in [1.807, 2.05) is 6.92 Å². The Hall–Kier alpha value is -0.900. The van der Waals surface area contributed by atoms with Crippen LogP contribution in [0.2, 0.25) is 0 Å². The molecule has 1 atom stereocenters. The van der Waals surface area contributed by atoms with E-state index < -0.39 is 0 Å². The highest BCUT2D eigenvalue weighted by Gasteiger charge is 2.07. The minimum Gasteiger partial charge on any atom is -0.352 e. The number of halogens is 2. The summed E-state index contributed by atoms with van der Waals surface area (Å²) in [6.07, 6.45) is 0.847. The van der Waals surface area contributed by atoms with Crippen molar-refractivity contribution in [1.82, 2.24) is 5.32 Å². The molecule has 0 saturated heterocycles. The van der Waals surface area contributed by atoms with Crippen LogP contribution in [-0.2, 0) is 0 Å². The number of benzene rings is 1. The third-order valence-electron chi connectivity index (χ3n) is 2.13. The maximum absolute atomic E-state index is 13.1. The molecule has 0 saturated carbocycles. The van der Waals surface area contributed by atoms with Crippen LogP contribution in [-0.4, -0.2) is 17.3 Å². The molecule has 1 amide bonds. The first-order chi connectivity index (χ1) is 7.49. The Morgan fingerprint density at radius 1 is 1.50 bits per heavy atom. The number of aryl methyl sites for hydroxylation is 1. The van der Waals surface area contributed by atoms with E-state index in [4.69, 9.17) is 0 Å². The van der Waals surface area contributed by atoms with E-state index in [9.17, 15) is 9.18 Å². The molecule has 0 aliphatic carbocycles. The van der Waals surface area contributed by atoms with Gasteiger partial charge in [-0.2, -0.15) is 0 Å². The summed E-state index contributed by atoms with van der Waals surface area (Å²) in [4.78, 5) is 12.0. The fourth-order valence-electron chi connectivity index (χ4n) is 1.35. The molecule has 0 spiro atoms. The molecule has 1 aromatic carbocycles. The molecule has 0 bridgehead atoms. The van der Waals surface area contributed by atoms with Gasteiger partial charge in [0.25, 0.3) is 5.91 Å². The van der Waals surface area contributed by atoms with Crippen molar-refractivity contribution < 1.29 is 9.18 Å². The number of rotatable bonds is 4. The van der Waals surface area contributed by atoms with Crippen LogP contribution in [0.5, 0.6) is 0 Å². The van der Waals surface area contributed by atoms with Crippen molar-refractivity contribution in [3.63, 3.8) is 0 Å². The standard InChI is InChI=1S/C12H15BrFNO/c1-8-5-10(7-11(14)6-8)12(16)15-4-3-9(2)13/h5-7,9H,3-4H2,1-2H3,(H,15,16). The molecule has 4 heteroatoms. The Morgan fingerprint density at radius 3 is 2.75 bits per heavy atom. The van der Waals surface area contributed by atoms with Gasteiger partial charge >= 0.3 is 0 Å². The van der Waals surface area contributed by atoms with Crippen molar-refractivity contribution in [2.75, 3.05) is 6.54 Å². The van der Waals surface area contributed by atoms with Crippen LogP contribution in [0, 0.1) is 12.7 Å². The molecular weight excluding hydrogens is 273 g/mol. The number of hydrogen-bond acceptors (Lipinski definition) is 1. The minimum atomic E-state index is -0.376. The van der Waals surface area contributed by atoms with Crippen LogP contribution in [0.25, 0.3) is 0 Å². The molecule has 1 rings (SSSR count). The van der Waals surface area contributed by atoms with Gasteiger partial charge in [-0.15, -0.1) is 0 Å². The van der Waals surface area contributed by atoms with Crippen molar-refractivity contribution in [2.24, 2.45) is 0 Å². The zero-order chi connectivity index (χ0) is 12.1. The highest BCUT2D eigenvalue weighted by Crippen LogP contribution is 2.08.